The molecule has 0 unspecified atom stereocenters. The van der Waals surface area contributed by atoms with Gasteiger partial charge in [-0.05, 0) is 78.4 Å². The van der Waals surface area contributed by atoms with Crippen LogP contribution in [0.3, 0.4) is 0 Å². The Hall–Kier alpha value is -1.83. The van der Waals surface area contributed by atoms with Gasteiger partial charge in [-0.15, -0.1) is 0 Å². The van der Waals surface area contributed by atoms with E-state index in [-0.39, 0.29) is 11.0 Å². The first-order valence-corrected chi connectivity index (χ1v) is 12.1. The highest BCUT2D eigenvalue weighted by atomic mass is 32.2. The van der Waals surface area contributed by atoms with E-state index < -0.39 is 26.5 Å². The Morgan fingerprint density at radius 3 is 2.40 bits per heavy atom. The van der Waals surface area contributed by atoms with Gasteiger partial charge in [-0.1, -0.05) is 0 Å². The Bertz CT molecular complexity index is 824. The van der Waals surface area contributed by atoms with Crippen LogP contribution in [0.15, 0.2) is 23.1 Å². The van der Waals surface area contributed by atoms with Crippen molar-refractivity contribution < 1.29 is 27.1 Å². The molecule has 6 nitrogen and oxygen atoms in total. The fourth-order valence-corrected chi connectivity index (χ4v) is 4.45. The quantitative estimate of drug-likeness (QED) is 0.565. The lowest BCUT2D eigenvalue weighted by molar-refractivity contribution is 0.0179. The lowest BCUT2D eigenvalue weighted by Gasteiger charge is -2.33. The molecular weight excluding hydrogens is 409 g/mol. The summed E-state index contributed by atoms with van der Waals surface area (Å²) in [5.41, 5.74) is -0.484. The molecule has 0 atom stereocenters. The van der Waals surface area contributed by atoms with E-state index in [2.05, 4.69) is 0 Å². The van der Waals surface area contributed by atoms with Crippen LogP contribution >= 0.6 is 0 Å². The van der Waals surface area contributed by atoms with Crippen LogP contribution in [0.1, 0.15) is 60.3 Å². The van der Waals surface area contributed by atoms with Crippen molar-refractivity contribution in [3.63, 3.8) is 0 Å². The second kappa shape index (κ2) is 9.98. The molecular formula is C22H34FNO5S. The van der Waals surface area contributed by atoms with Gasteiger partial charge in [0.2, 0.25) is 0 Å². The largest absolute Gasteiger partial charge is 0.493 e. The van der Waals surface area contributed by atoms with Gasteiger partial charge in [-0.3, -0.25) is 0 Å². The van der Waals surface area contributed by atoms with E-state index in [0.717, 1.165) is 31.7 Å². The van der Waals surface area contributed by atoms with Crippen LogP contribution in [0.2, 0.25) is 0 Å². The van der Waals surface area contributed by atoms with Crippen molar-refractivity contribution in [3.05, 3.63) is 24.0 Å². The van der Waals surface area contributed by atoms with Gasteiger partial charge in [0.05, 0.1) is 11.9 Å². The fraction of sp³-hybridized carbons (Fsp3) is 0.682. The van der Waals surface area contributed by atoms with E-state index in [1.807, 2.05) is 20.8 Å². The lowest BCUT2D eigenvalue weighted by atomic mass is 9.92. The zero-order valence-electron chi connectivity index (χ0n) is 18.6. The number of nitrogens with zero attached hydrogens (tertiary/aromatic N) is 1. The molecule has 1 aliphatic rings. The van der Waals surface area contributed by atoms with Gasteiger partial charge in [0, 0.05) is 19.2 Å². The van der Waals surface area contributed by atoms with Crippen LogP contribution in [-0.2, 0) is 14.6 Å². The molecule has 1 saturated heterocycles. The first-order chi connectivity index (χ1) is 13.9. The highest BCUT2D eigenvalue weighted by molar-refractivity contribution is 7.92. The number of carbonyl (C=O) groups excluding carboxylic acids is 1. The molecule has 0 bridgehead atoms. The van der Waals surface area contributed by atoms with E-state index in [9.17, 15) is 17.6 Å². The van der Waals surface area contributed by atoms with Gasteiger partial charge in [0.1, 0.15) is 22.1 Å². The average molecular weight is 444 g/mol. The predicted molar refractivity (Wildman–Crippen MR) is 114 cm³/mol. The molecule has 1 aromatic rings. The molecule has 2 rings (SSSR count). The second-order valence-electron chi connectivity index (χ2n) is 9.09. The fourth-order valence-electron chi connectivity index (χ4n) is 3.35. The number of piperidine rings is 1. The molecule has 1 aromatic carbocycles. The Balaban J connectivity index is 1.74. The summed E-state index contributed by atoms with van der Waals surface area (Å²) >= 11 is 0. The van der Waals surface area contributed by atoms with Crippen LogP contribution in [0.25, 0.3) is 0 Å². The highest BCUT2D eigenvalue weighted by Gasteiger charge is 2.27. The predicted octanol–water partition coefficient (Wildman–Crippen LogP) is 4.81. The minimum atomic E-state index is -3.65. The maximum absolute atomic E-state index is 14.2. The van der Waals surface area contributed by atoms with Gasteiger partial charge in [-0.25, -0.2) is 17.6 Å². The van der Waals surface area contributed by atoms with Gasteiger partial charge in [0.15, 0.2) is 9.84 Å². The molecule has 0 spiro atoms. The van der Waals surface area contributed by atoms with Crippen molar-refractivity contribution in [3.8, 4) is 5.75 Å². The van der Waals surface area contributed by atoms with Gasteiger partial charge < -0.3 is 14.4 Å². The number of halogens is 1. The molecule has 1 heterocycles. The Morgan fingerprint density at radius 2 is 1.87 bits per heavy atom. The third kappa shape index (κ3) is 6.86. The van der Waals surface area contributed by atoms with Crippen molar-refractivity contribution >= 4 is 15.9 Å². The smallest absolute Gasteiger partial charge is 0.410 e. The number of sulfone groups is 1. The summed E-state index contributed by atoms with van der Waals surface area (Å²) in [7, 11) is -3.65. The van der Waals surface area contributed by atoms with Crippen molar-refractivity contribution in [1.82, 2.24) is 4.90 Å². The van der Waals surface area contributed by atoms with E-state index >= 15 is 0 Å². The van der Waals surface area contributed by atoms with Gasteiger partial charge in [-0.2, -0.15) is 0 Å². The molecule has 0 radical (unpaired) electrons. The van der Waals surface area contributed by atoms with Gasteiger partial charge >= 0.3 is 6.09 Å². The van der Waals surface area contributed by atoms with E-state index in [4.69, 9.17) is 9.47 Å². The average Bonchev–Trinajstić information content (AvgIpc) is 2.64. The standard InChI is InChI=1S/C22H34FNO5S/c1-16(2)30(26,27)20-9-8-18(15-19(20)23)28-14-6-7-17-10-12-24(13-11-17)21(25)29-22(3,4)5/h8-9,15-17H,6-7,10-14H2,1-5H3. The van der Waals surface area contributed by atoms with Crippen LogP contribution in [0.5, 0.6) is 5.75 Å². The van der Waals surface area contributed by atoms with Crippen molar-refractivity contribution in [2.24, 2.45) is 5.92 Å². The summed E-state index contributed by atoms with van der Waals surface area (Å²) in [5, 5.41) is -0.680. The summed E-state index contributed by atoms with van der Waals surface area (Å²) < 4.78 is 49.5. The van der Waals surface area contributed by atoms with Crippen LogP contribution < -0.4 is 4.74 Å². The van der Waals surface area contributed by atoms with Crippen molar-refractivity contribution in [2.45, 2.75) is 76.0 Å². The van der Waals surface area contributed by atoms with E-state index in [0.29, 0.717) is 31.4 Å². The minimum absolute atomic E-state index is 0.255. The van der Waals surface area contributed by atoms with Crippen LogP contribution in [0.4, 0.5) is 9.18 Å². The lowest BCUT2D eigenvalue weighted by Crippen LogP contribution is -2.41. The molecule has 30 heavy (non-hydrogen) atoms. The summed E-state index contributed by atoms with van der Waals surface area (Å²) in [6.07, 6.45) is 3.37. The Kier molecular flexibility index (Phi) is 8.13. The molecule has 0 N–H and O–H groups in total. The second-order valence-corrected chi connectivity index (χ2v) is 11.6. The summed E-state index contributed by atoms with van der Waals surface area (Å²) in [5.74, 6) is 0.0632. The SMILES string of the molecule is CC(C)S(=O)(=O)c1ccc(OCCCC2CCN(C(=O)OC(C)(C)C)CC2)cc1F. The zero-order chi connectivity index (χ0) is 22.5. The summed E-state index contributed by atoms with van der Waals surface area (Å²) in [6, 6.07) is 3.90. The Morgan fingerprint density at radius 1 is 1.23 bits per heavy atom. The number of carbonyl (C=O) groups is 1. The number of hydrogen-bond acceptors (Lipinski definition) is 5. The maximum Gasteiger partial charge on any atom is 0.410 e. The highest BCUT2D eigenvalue weighted by Crippen LogP contribution is 2.26. The number of ether oxygens (including phenoxy) is 2. The monoisotopic (exact) mass is 443 g/mol. The maximum atomic E-state index is 14.2. The van der Waals surface area contributed by atoms with Crippen molar-refractivity contribution in [1.29, 1.82) is 0 Å². The molecule has 1 amide bonds. The van der Waals surface area contributed by atoms with Crippen molar-refractivity contribution in [2.75, 3.05) is 19.7 Å². The molecule has 0 saturated carbocycles. The molecule has 8 heteroatoms. The molecule has 0 aliphatic carbocycles. The minimum Gasteiger partial charge on any atom is -0.493 e. The number of likely N-dealkylation sites (tertiary alicyclic amines) is 1. The summed E-state index contributed by atoms with van der Waals surface area (Å²) in [6.45, 7) is 10.5. The number of amides is 1. The third-order valence-electron chi connectivity index (χ3n) is 5.12. The Labute approximate surface area is 179 Å². The topological polar surface area (TPSA) is 72.9 Å². The van der Waals surface area contributed by atoms with E-state index in [1.165, 1.54) is 26.0 Å². The van der Waals surface area contributed by atoms with Crippen LogP contribution in [0, 0.1) is 11.7 Å². The number of hydrogen-bond donors (Lipinski definition) is 0. The van der Waals surface area contributed by atoms with E-state index in [1.54, 1.807) is 4.90 Å². The molecule has 170 valence electrons. The zero-order valence-corrected chi connectivity index (χ0v) is 19.4. The number of benzene rings is 1. The van der Waals surface area contributed by atoms with Crippen LogP contribution in [-0.4, -0.2) is 50.0 Å². The molecule has 1 fully saturated rings. The summed E-state index contributed by atoms with van der Waals surface area (Å²) in [4.78, 5) is 13.6. The number of rotatable bonds is 7. The first-order valence-electron chi connectivity index (χ1n) is 10.5. The van der Waals surface area contributed by atoms with Gasteiger partial charge in [0.25, 0.3) is 0 Å². The molecule has 0 aromatic heterocycles. The molecule has 1 aliphatic heterocycles. The normalized spacial score (nSPS) is 16.0. The first kappa shape index (κ1) is 24.4. The third-order valence-corrected chi connectivity index (χ3v) is 7.31.